The molecule has 122 valence electrons. The summed E-state index contributed by atoms with van der Waals surface area (Å²) < 4.78 is 23.0. The molecule has 0 saturated carbocycles. The summed E-state index contributed by atoms with van der Waals surface area (Å²) in [4.78, 5) is 22.9. The first-order valence-electron chi connectivity index (χ1n) is 6.84. The lowest BCUT2D eigenvalue weighted by Crippen LogP contribution is -2.55. The number of hydrogen-bond donors (Lipinski definition) is 3. The number of carboxylic acids is 1. The third-order valence-electron chi connectivity index (χ3n) is 3.65. The average molecular weight is 320 g/mol. The lowest BCUT2D eigenvalue weighted by molar-refractivity contribution is -0.138. The first kappa shape index (κ1) is 17.7. The molecule has 3 N–H and O–H groups in total. The van der Waals surface area contributed by atoms with Crippen LogP contribution in [0.2, 0.25) is 0 Å². The van der Waals surface area contributed by atoms with Crippen LogP contribution in [0.4, 0.5) is 4.79 Å². The molecule has 8 heteroatoms. The van der Waals surface area contributed by atoms with Gasteiger partial charge in [-0.05, 0) is 18.8 Å². The summed E-state index contributed by atoms with van der Waals surface area (Å²) in [5, 5.41) is 14.2. The molecule has 0 bridgehead atoms. The van der Waals surface area contributed by atoms with E-state index in [1.54, 1.807) is 6.92 Å². The molecule has 1 saturated heterocycles. The van der Waals surface area contributed by atoms with Crippen molar-refractivity contribution < 1.29 is 23.1 Å². The fourth-order valence-corrected chi connectivity index (χ4v) is 4.42. The van der Waals surface area contributed by atoms with Gasteiger partial charge in [0.25, 0.3) is 0 Å². The highest BCUT2D eigenvalue weighted by Gasteiger charge is 2.40. The van der Waals surface area contributed by atoms with E-state index in [1.807, 2.05) is 20.8 Å². The number of amides is 2. The zero-order valence-corrected chi connectivity index (χ0v) is 13.7. The lowest BCUT2D eigenvalue weighted by atomic mass is 9.85. The maximum absolute atomic E-state index is 12.0. The highest BCUT2D eigenvalue weighted by atomic mass is 32.2. The summed E-state index contributed by atoms with van der Waals surface area (Å²) >= 11 is 0. The number of urea groups is 1. The molecule has 2 amide bonds. The van der Waals surface area contributed by atoms with Crippen LogP contribution in [0.5, 0.6) is 0 Å². The number of rotatable bonds is 4. The molecule has 0 radical (unpaired) electrons. The van der Waals surface area contributed by atoms with Crippen molar-refractivity contribution in [3.8, 4) is 0 Å². The van der Waals surface area contributed by atoms with Crippen LogP contribution in [0, 0.1) is 5.41 Å². The Morgan fingerprint density at radius 1 is 1.33 bits per heavy atom. The van der Waals surface area contributed by atoms with Crippen LogP contribution in [0.15, 0.2) is 0 Å². The van der Waals surface area contributed by atoms with E-state index in [4.69, 9.17) is 5.11 Å². The van der Waals surface area contributed by atoms with E-state index < -0.39 is 38.8 Å². The standard InChI is InChI=1S/C13H24N2O5S/c1-12(2,3)9(7-10(16)17)14-11(18)15-13(4)5-6-21(19,20)8-13/h9H,5-8H2,1-4H3,(H,16,17)(H2,14,15,18). The largest absolute Gasteiger partial charge is 0.481 e. The van der Waals surface area contributed by atoms with Gasteiger partial charge in [-0.25, -0.2) is 13.2 Å². The number of sulfone groups is 1. The molecule has 0 aliphatic carbocycles. The maximum Gasteiger partial charge on any atom is 0.315 e. The molecule has 21 heavy (non-hydrogen) atoms. The van der Waals surface area contributed by atoms with Gasteiger partial charge in [0.2, 0.25) is 0 Å². The Kier molecular flexibility index (Phi) is 4.92. The van der Waals surface area contributed by atoms with Crippen molar-refractivity contribution >= 4 is 21.8 Å². The highest BCUT2D eigenvalue weighted by molar-refractivity contribution is 7.91. The summed E-state index contributed by atoms with van der Waals surface area (Å²) in [6.07, 6.45) is 0.174. The highest BCUT2D eigenvalue weighted by Crippen LogP contribution is 2.24. The van der Waals surface area contributed by atoms with E-state index >= 15 is 0 Å². The minimum Gasteiger partial charge on any atom is -0.481 e. The fourth-order valence-electron chi connectivity index (χ4n) is 2.33. The minimum absolute atomic E-state index is 0.0571. The summed E-state index contributed by atoms with van der Waals surface area (Å²) in [6.45, 7) is 7.19. The van der Waals surface area contributed by atoms with Gasteiger partial charge in [-0.15, -0.1) is 0 Å². The Morgan fingerprint density at radius 2 is 1.90 bits per heavy atom. The first-order valence-corrected chi connectivity index (χ1v) is 8.66. The van der Waals surface area contributed by atoms with Gasteiger partial charge in [0.1, 0.15) is 0 Å². The second-order valence-corrected chi connectivity index (χ2v) is 9.20. The summed E-state index contributed by atoms with van der Waals surface area (Å²) in [6, 6.07) is -1.08. The van der Waals surface area contributed by atoms with Gasteiger partial charge in [-0.2, -0.15) is 0 Å². The van der Waals surface area contributed by atoms with Crippen molar-refractivity contribution in [1.82, 2.24) is 10.6 Å². The Labute approximate surface area is 125 Å². The Morgan fingerprint density at radius 3 is 2.29 bits per heavy atom. The van der Waals surface area contributed by atoms with E-state index in [-0.39, 0.29) is 17.9 Å². The van der Waals surface area contributed by atoms with Crippen LogP contribution in [-0.4, -0.2) is 48.6 Å². The predicted octanol–water partition coefficient (Wildman–Crippen LogP) is 0.752. The molecule has 1 aliphatic rings. The van der Waals surface area contributed by atoms with Crippen LogP contribution in [0.3, 0.4) is 0 Å². The van der Waals surface area contributed by atoms with E-state index in [0.717, 1.165) is 0 Å². The quantitative estimate of drug-likeness (QED) is 0.707. The van der Waals surface area contributed by atoms with Crippen LogP contribution >= 0.6 is 0 Å². The molecular formula is C13H24N2O5S. The van der Waals surface area contributed by atoms with E-state index in [9.17, 15) is 18.0 Å². The molecule has 0 aromatic carbocycles. The zero-order valence-electron chi connectivity index (χ0n) is 12.9. The molecule has 2 atom stereocenters. The van der Waals surface area contributed by atoms with Crippen LogP contribution in [0.25, 0.3) is 0 Å². The molecule has 1 rings (SSSR count). The smallest absolute Gasteiger partial charge is 0.315 e. The summed E-state index contributed by atoms with van der Waals surface area (Å²) in [5.74, 6) is -1.03. The predicted molar refractivity (Wildman–Crippen MR) is 78.8 cm³/mol. The van der Waals surface area contributed by atoms with Gasteiger partial charge >= 0.3 is 12.0 Å². The number of carboxylic acid groups (broad SMARTS) is 1. The molecular weight excluding hydrogens is 296 g/mol. The molecule has 0 spiro atoms. The second kappa shape index (κ2) is 5.82. The van der Waals surface area contributed by atoms with Gasteiger partial charge in [-0.3, -0.25) is 4.79 Å². The third-order valence-corrected chi connectivity index (χ3v) is 5.55. The normalized spacial score (nSPS) is 26.1. The maximum atomic E-state index is 12.0. The summed E-state index contributed by atoms with van der Waals surface area (Å²) in [5.41, 5.74) is -1.22. The van der Waals surface area contributed by atoms with Crippen molar-refractivity contribution in [2.24, 2.45) is 5.41 Å². The first-order chi connectivity index (χ1) is 9.33. The Bertz CT molecular complexity index is 523. The van der Waals surface area contributed by atoms with Crippen LogP contribution in [-0.2, 0) is 14.6 Å². The topological polar surface area (TPSA) is 113 Å². The van der Waals surface area contributed by atoms with Crippen molar-refractivity contribution in [2.45, 2.75) is 52.1 Å². The van der Waals surface area contributed by atoms with Gasteiger partial charge < -0.3 is 15.7 Å². The molecule has 1 heterocycles. The average Bonchev–Trinajstić information content (AvgIpc) is 2.49. The number of carbonyl (C=O) groups is 2. The van der Waals surface area contributed by atoms with Crippen molar-refractivity contribution in [3.63, 3.8) is 0 Å². The van der Waals surface area contributed by atoms with Gasteiger partial charge in [0.15, 0.2) is 9.84 Å². The number of aliphatic carboxylic acids is 1. The third kappa shape index (κ3) is 5.53. The van der Waals surface area contributed by atoms with E-state index in [1.165, 1.54) is 0 Å². The number of carbonyl (C=O) groups excluding carboxylic acids is 1. The van der Waals surface area contributed by atoms with E-state index in [0.29, 0.717) is 6.42 Å². The zero-order chi connectivity index (χ0) is 16.5. The van der Waals surface area contributed by atoms with Crippen LogP contribution in [0.1, 0.15) is 40.5 Å². The molecule has 1 aliphatic heterocycles. The van der Waals surface area contributed by atoms with Gasteiger partial charge in [-0.1, -0.05) is 20.8 Å². The van der Waals surface area contributed by atoms with Gasteiger partial charge in [0.05, 0.1) is 23.5 Å². The van der Waals surface area contributed by atoms with E-state index in [2.05, 4.69) is 10.6 Å². The SMILES string of the molecule is CC1(NC(=O)NC(CC(=O)O)C(C)(C)C)CCS(=O)(=O)C1. The molecule has 7 nitrogen and oxygen atoms in total. The minimum atomic E-state index is -3.11. The molecule has 0 aromatic heterocycles. The molecule has 1 fully saturated rings. The summed E-state index contributed by atoms with van der Waals surface area (Å²) in [7, 11) is -3.11. The fraction of sp³-hybridized carbons (Fsp3) is 0.846. The van der Waals surface area contributed by atoms with Gasteiger partial charge in [0, 0.05) is 6.04 Å². The van der Waals surface area contributed by atoms with Crippen molar-refractivity contribution in [1.29, 1.82) is 0 Å². The molecule has 0 aromatic rings. The second-order valence-electron chi connectivity index (χ2n) is 7.02. The van der Waals surface area contributed by atoms with Crippen molar-refractivity contribution in [3.05, 3.63) is 0 Å². The number of nitrogens with one attached hydrogen (secondary N) is 2. The number of hydrogen-bond acceptors (Lipinski definition) is 4. The molecule has 2 unspecified atom stereocenters. The Balaban J connectivity index is 2.69. The lowest BCUT2D eigenvalue weighted by Gasteiger charge is -2.32. The Hall–Kier alpha value is -1.31. The monoisotopic (exact) mass is 320 g/mol. The van der Waals surface area contributed by atoms with Crippen molar-refractivity contribution in [2.75, 3.05) is 11.5 Å². The van der Waals surface area contributed by atoms with Crippen LogP contribution < -0.4 is 10.6 Å².